The summed E-state index contributed by atoms with van der Waals surface area (Å²) in [7, 11) is -0.131. The molecule has 1 amide bonds. The molecule has 10 nitrogen and oxygen atoms in total. The molecule has 0 atom stereocenters. The van der Waals surface area contributed by atoms with Crippen LogP contribution in [0.25, 0.3) is 16.8 Å². The predicted molar refractivity (Wildman–Crippen MR) is 141 cm³/mol. The van der Waals surface area contributed by atoms with Crippen LogP contribution in [-0.4, -0.2) is 61.0 Å². The van der Waals surface area contributed by atoms with Gasteiger partial charge in [-0.25, -0.2) is 17.8 Å². The molecule has 0 spiro atoms. The number of nitrogens with two attached hydrogens (primary N) is 1. The molecule has 4 N–H and O–H groups in total. The number of nitrogen functional groups attached to an aromatic ring is 1. The third-order valence-electron chi connectivity index (χ3n) is 5.51. The van der Waals surface area contributed by atoms with Crippen LogP contribution in [0.15, 0.2) is 59.8 Å². The minimum Gasteiger partial charge on any atom is -0.383 e. The first-order valence-electron chi connectivity index (χ1n) is 11.2. The molecule has 0 saturated heterocycles. The summed E-state index contributed by atoms with van der Waals surface area (Å²) in [5.41, 5.74) is 7.04. The zero-order chi connectivity index (χ0) is 26.7. The maximum atomic E-state index is 15.1. The lowest BCUT2D eigenvalue weighted by atomic mass is 10.1. The first-order valence-corrected chi connectivity index (χ1v) is 13.1. The lowest BCUT2D eigenvalue weighted by molar-refractivity contribution is 0.0953. The fourth-order valence-electron chi connectivity index (χ4n) is 3.68. The minimum absolute atomic E-state index is 0.00101. The average Bonchev–Trinajstić information content (AvgIpc) is 3.27. The quantitative estimate of drug-likeness (QED) is 0.275. The Morgan fingerprint density at radius 3 is 2.62 bits per heavy atom. The number of nitrogens with one attached hydrogen (secondary N) is 2. The van der Waals surface area contributed by atoms with Gasteiger partial charge in [0, 0.05) is 23.9 Å². The van der Waals surface area contributed by atoms with E-state index < -0.39 is 15.8 Å². The van der Waals surface area contributed by atoms with Crippen molar-refractivity contribution in [3.63, 3.8) is 0 Å². The predicted octanol–water partition coefficient (Wildman–Crippen LogP) is 3.25. The second-order valence-electron chi connectivity index (χ2n) is 8.49. The number of sulfonamides is 1. The minimum atomic E-state index is -4.03. The fraction of sp³-hybridized carbons (Fsp3) is 0.208. The topological polar surface area (TPSA) is 135 Å². The second kappa shape index (κ2) is 10.7. The van der Waals surface area contributed by atoms with Crippen molar-refractivity contribution >= 4 is 44.7 Å². The van der Waals surface area contributed by atoms with E-state index in [1.165, 1.54) is 47.2 Å². The molecule has 4 rings (SSSR count). The number of hydrogen-bond donors (Lipinski definition) is 3. The average molecular weight is 546 g/mol. The van der Waals surface area contributed by atoms with Crippen molar-refractivity contribution in [3.8, 4) is 11.1 Å². The van der Waals surface area contributed by atoms with Gasteiger partial charge in [0.25, 0.3) is 15.9 Å². The Kier molecular flexibility index (Phi) is 7.62. The Labute approximate surface area is 218 Å². The Morgan fingerprint density at radius 2 is 1.92 bits per heavy atom. The van der Waals surface area contributed by atoms with E-state index >= 15 is 4.39 Å². The molecular formula is C24H25ClFN7O3S. The van der Waals surface area contributed by atoms with E-state index in [-0.39, 0.29) is 49.7 Å². The highest BCUT2D eigenvalue weighted by Gasteiger charge is 2.21. The van der Waals surface area contributed by atoms with E-state index in [2.05, 4.69) is 20.1 Å². The van der Waals surface area contributed by atoms with Gasteiger partial charge >= 0.3 is 0 Å². The number of anilines is 2. The van der Waals surface area contributed by atoms with Crippen LogP contribution in [0.1, 0.15) is 16.8 Å². The Morgan fingerprint density at radius 1 is 1.16 bits per heavy atom. The largest absolute Gasteiger partial charge is 0.383 e. The SMILES string of the molecule is CN(C)CCCNC(=O)c1cnn2c(N)c(-c3ccc(NS(=O)(=O)c4ccccc4Cl)cc3F)cnc12. The highest BCUT2D eigenvalue weighted by Crippen LogP contribution is 2.31. The number of aromatic nitrogens is 3. The van der Waals surface area contributed by atoms with Crippen LogP contribution < -0.4 is 15.8 Å². The number of fused-ring (bicyclic) bond motifs is 1. The zero-order valence-electron chi connectivity index (χ0n) is 20.1. The van der Waals surface area contributed by atoms with E-state index in [1.807, 2.05) is 19.0 Å². The van der Waals surface area contributed by atoms with Crippen molar-refractivity contribution in [2.75, 3.05) is 37.6 Å². The number of carbonyl (C=O) groups is 1. The van der Waals surface area contributed by atoms with Crippen molar-refractivity contribution < 1.29 is 17.6 Å². The van der Waals surface area contributed by atoms with Crippen molar-refractivity contribution in [2.45, 2.75) is 11.3 Å². The summed E-state index contributed by atoms with van der Waals surface area (Å²) in [5, 5.41) is 7.02. The van der Waals surface area contributed by atoms with Crippen molar-refractivity contribution in [3.05, 3.63) is 71.3 Å². The van der Waals surface area contributed by atoms with Crippen LogP contribution in [0.4, 0.5) is 15.9 Å². The molecular weight excluding hydrogens is 521 g/mol. The summed E-state index contributed by atoms with van der Waals surface area (Å²) in [6, 6.07) is 9.73. The van der Waals surface area contributed by atoms with Gasteiger partial charge in [0.15, 0.2) is 5.65 Å². The van der Waals surface area contributed by atoms with E-state index in [4.69, 9.17) is 17.3 Å². The van der Waals surface area contributed by atoms with Crippen LogP contribution in [0, 0.1) is 5.82 Å². The Bertz CT molecular complexity index is 1570. The summed E-state index contributed by atoms with van der Waals surface area (Å²) in [6.07, 6.45) is 3.48. The van der Waals surface area contributed by atoms with Crippen molar-refractivity contribution in [2.24, 2.45) is 0 Å². The second-order valence-corrected chi connectivity index (χ2v) is 10.6. The number of carbonyl (C=O) groups excluding carboxylic acids is 1. The fourth-order valence-corrected chi connectivity index (χ4v) is 5.25. The molecule has 2 aromatic carbocycles. The first kappa shape index (κ1) is 26.3. The molecule has 0 aliphatic rings. The van der Waals surface area contributed by atoms with Gasteiger partial charge in [0.05, 0.1) is 16.9 Å². The van der Waals surface area contributed by atoms with Crippen LogP contribution in [-0.2, 0) is 10.0 Å². The zero-order valence-corrected chi connectivity index (χ0v) is 21.6. The molecule has 0 aliphatic heterocycles. The normalized spacial score (nSPS) is 11.7. The molecule has 2 heterocycles. The lowest BCUT2D eigenvalue weighted by Crippen LogP contribution is -2.27. The highest BCUT2D eigenvalue weighted by atomic mass is 35.5. The van der Waals surface area contributed by atoms with E-state index in [9.17, 15) is 13.2 Å². The number of benzene rings is 2. The number of hydrogen-bond acceptors (Lipinski definition) is 7. The number of halogens is 2. The summed E-state index contributed by atoms with van der Waals surface area (Å²) >= 11 is 5.99. The number of rotatable bonds is 9. The molecule has 0 saturated carbocycles. The van der Waals surface area contributed by atoms with E-state index in [0.29, 0.717) is 6.54 Å². The summed E-state index contributed by atoms with van der Waals surface area (Å²) in [5.74, 6) is -1.01. The van der Waals surface area contributed by atoms with Gasteiger partial charge in [-0.2, -0.15) is 9.61 Å². The first-order chi connectivity index (χ1) is 17.6. The highest BCUT2D eigenvalue weighted by molar-refractivity contribution is 7.92. The monoisotopic (exact) mass is 545 g/mol. The molecule has 13 heteroatoms. The van der Waals surface area contributed by atoms with Gasteiger partial charge < -0.3 is 16.0 Å². The maximum Gasteiger partial charge on any atom is 0.263 e. The van der Waals surface area contributed by atoms with Gasteiger partial charge in [-0.15, -0.1) is 0 Å². The molecule has 194 valence electrons. The van der Waals surface area contributed by atoms with Crippen LogP contribution >= 0.6 is 11.6 Å². The smallest absolute Gasteiger partial charge is 0.263 e. The molecule has 4 aromatic rings. The molecule has 37 heavy (non-hydrogen) atoms. The third-order valence-corrected chi connectivity index (χ3v) is 7.39. The van der Waals surface area contributed by atoms with Gasteiger partial charge in [-0.3, -0.25) is 9.52 Å². The molecule has 2 aromatic heterocycles. The van der Waals surface area contributed by atoms with Crippen LogP contribution in [0.2, 0.25) is 5.02 Å². The standard InChI is InChI=1S/C24H25ClFN7O3S/c1-32(2)11-5-10-28-24(34)18-14-30-33-22(27)17(13-29-23(18)33)16-9-8-15(12-20(16)26)31-37(35,36)21-7-4-3-6-19(21)25/h3-4,6-9,12-14,31H,5,10-11,27H2,1-2H3,(H,28,34). The van der Waals surface area contributed by atoms with Gasteiger partial charge in [-0.05, 0) is 57.4 Å². The summed E-state index contributed by atoms with van der Waals surface area (Å²) in [4.78, 5) is 18.8. The van der Waals surface area contributed by atoms with Crippen molar-refractivity contribution in [1.29, 1.82) is 0 Å². The molecule has 0 unspecified atom stereocenters. The van der Waals surface area contributed by atoms with Crippen LogP contribution in [0.3, 0.4) is 0 Å². The number of amides is 1. The lowest BCUT2D eigenvalue weighted by Gasteiger charge is -2.12. The van der Waals surface area contributed by atoms with E-state index in [1.54, 1.807) is 6.07 Å². The Balaban J connectivity index is 1.57. The van der Waals surface area contributed by atoms with Gasteiger partial charge in [0.1, 0.15) is 22.1 Å². The van der Waals surface area contributed by atoms with E-state index in [0.717, 1.165) is 19.0 Å². The molecule has 0 bridgehead atoms. The molecule has 0 fully saturated rings. The maximum absolute atomic E-state index is 15.1. The Hall–Kier alpha value is -3.74. The van der Waals surface area contributed by atoms with Crippen LogP contribution in [0.5, 0.6) is 0 Å². The van der Waals surface area contributed by atoms with Gasteiger partial charge in [-0.1, -0.05) is 23.7 Å². The summed E-state index contributed by atoms with van der Waals surface area (Å²) in [6.45, 7) is 1.31. The number of nitrogens with zero attached hydrogens (tertiary/aromatic N) is 4. The third kappa shape index (κ3) is 5.66. The summed E-state index contributed by atoms with van der Waals surface area (Å²) < 4.78 is 44.0. The van der Waals surface area contributed by atoms with Crippen molar-refractivity contribution in [1.82, 2.24) is 24.8 Å². The molecule has 0 radical (unpaired) electrons. The van der Waals surface area contributed by atoms with Gasteiger partial charge in [0.2, 0.25) is 0 Å². The molecule has 0 aliphatic carbocycles.